The lowest BCUT2D eigenvalue weighted by Crippen LogP contribution is -2.12. The standard InChI is InChI=1S/C33H27N7/c1-21-7-5-10-24(15-21)26-11-6-12-28-30(26)38-33(37-28)32-31-29(39-40-32)14-13-27(36-31)25-16-23(19-35-20-25)18-34-17-22-8-3-2-4-9-22/h2-16,19-20,34H,17-18H2,1H3,(H,37,38)(H,39,40). The summed E-state index contributed by atoms with van der Waals surface area (Å²) in [5.74, 6) is 0.683. The van der Waals surface area contributed by atoms with Gasteiger partial charge in [-0.25, -0.2) is 9.97 Å². The van der Waals surface area contributed by atoms with Gasteiger partial charge in [0.15, 0.2) is 11.5 Å². The van der Waals surface area contributed by atoms with Crippen LogP contribution in [0.1, 0.15) is 16.7 Å². The highest BCUT2D eigenvalue weighted by Crippen LogP contribution is 2.32. The van der Waals surface area contributed by atoms with Gasteiger partial charge < -0.3 is 10.3 Å². The number of fused-ring (bicyclic) bond motifs is 2. The van der Waals surface area contributed by atoms with Crippen molar-refractivity contribution in [3.05, 3.63) is 120 Å². The Kier molecular flexibility index (Phi) is 6.11. The molecule has 0 aliphatic rings. The zero-order chi connectivity index (χ0) is 26.9. The maximum Gasteiger partial charge on any atom is 0.161 e. The molecule has 3 aromatic carbocycles. The largest absolute Gasteiger partial charge is 0.336 e. The quantitative estimate of drug-likeness (QED) is 0.214. The first-order valence-electron chi connectivity index (χ1n) is 13.3. The number of hydrogen-bond donors (Lipinski definition) is 3. The summed E-state index contributed by atoms with van der Waals surface area (Å²) in [6.07, 6.45) is 3.74. The summed E-state index contributed by atoms with van der Waals surface area (Å²) >= 11 is 0. The smallest absolute Gasteiger partial charge is 0.161 e. The van der Waals surface area contributed by atoms with Crippen LogP contribution in [0.4, 0.5) is 0 Å². The highest BCUT2D eigenvalue weighted by Gasteiger charge is 2.17. The molecule has 4 aromatic heterocycles. The molecule has 0 bridgehead atoms. The van der Waals surface area contributed by atoms with Crippen LogP contribution in [-0.2, 0) is 13.1 Å². The van der Waals surface area contributed by atoms with Gasteiger partial charge in [-0.15, -0.1) is 0 Å². The number of aryl methyl sites for hydroxylation is 1. The molecule has 0 spiro atoms. The fraction of sp³-hybridized carbons (Fsp3) is 0.0909. The molecule has 3 N–H and O–H groups in total. The molecule has 0 amide bonds. The topological polar surface area (TPSA) is 95.2 Å². The molecule has 194 valence electrons. The van der Waals surface area contributed by atoms with Crippen LogP contribution in [0.25, 0.3) is 56.0 Å². The first-order valence-corrected chi connectivity index (χ1v) is 13.3. The van der Waals surface area contributed by atoms with E-state index in [9.17, 15) is 0 Å². The Morgan fingerprint density at radius 3 is 2.48 bits per heavy atom. The van der Waals surface area contributed by atoms with E-state index >= 15 is 0 Å². The third kappa shape index (κ3) is 4.63. The van der Waals surface area contributed by atoms with Gasteiger partial charge in [-0.2, -0.15) is 5.10 Å². The number of rotatable bonds is 7. The van der Waals surface area contributed by atoms with E-state index in [1.54, 1.807) is 0 Å². The van der Waals surface area contributed by atoms with Crippen LogP contribution in [0.2, 0.25) is 0 Å². The predicted molar refractivity (Wildman–Crippen MR) is 159 cm³/mol. The van der Waals surface area contributed by atoms with Gasteiger partial charge in [0.05, 0.1) is 22.2 Å². The summed E-state index contributed by atoms with van der Waals surface area (Å²) in [7, 11) is 0. The lowest BCUT2D eigenvalue weighted by atomic mass is 10.0. The van der Waals surface area contributed by atoms with E-state index < -0.39 is 0 Å². The van der Waals surface area contributed by atoms with Gasteiger partial charge in [0.1, 0.15) is 5.52 Å². The summed E-state index contributed by atoms with van der Waals surface area (Å²) in [5.41, 5.74) is 11.8. The van der Waals surface area contributed by atoms with Gasteiger partial charge in [-0.05, 0) is 47.9 Å². The Hall–Kier alpha value is -5.14. The van der Waals surface area contributed by atoms with Crippen molar-refractivity contribution in [3.63, 3.8) is 0 Å². The van der Waals surface area contributed by atoms with E-state index in [4.69, 9.17) is 9.97 Å². The van der Waals surface area contributed by atoms with Gasteiger partial charge in [0.25, 0.3) is 0 Å². The van der Waals surface area contributed by atoms with E-state index in [2.05, 4.69) is 99.1 Å². The molecule has 7 nitrogen and oxygen atoms in total. The SMILES string of the molecule is Cc1cccc(-c2cccc3[nH]c(-c4n[nH]c5ccc(-c6cncc(CNCc7ccccc7)c6)nc45)nc23)c1. The molecule has 7 heteroatoms. The zero-order valence-corrected chi connectivity index (χ0v) is 22.0. The molecule has 0 radical (unpaired) electrons. The van der Waals surface area contributed by atoms with Crippen molar-refractivity contribution in [2.24, 2.45) is 0 Å². The van der Waals surface area contributed by atoms with Gasteiger partial charge in [0, 0.05) is 36.6 Å². The summed E-state index contributed by atoms with van der Waals surface area (Å²) in [5, 5.41) is 11.2. The Bertz CT molecular complexity index is 1950. The number of benzene rings is 3. The normalized spacial score (nSPS) is 11.4. The summed E-state index contributed by atoms with van der Waals surface area (Å²) < 4.78 is 0. The van der Waals surface area contributed by atoms with Crippen molar-refractivity contribution in [1.82, 2.24) is 35.5 Å². The molecule has 0 aliphatic heterocycles. The summed E-state index contributed by atoms with van der Waals surface area (Å²) in [6.45, 7) is 3.62. The minimum Gasteiger partial charge on any atom is -0.336 e. The van der Waals surface area contributed by atoms with Crippen LogP contribution < -0.4 is 5.32 Å². The minimum atomic E-state index is 0.683. The highest BCUT2D eigenvalue weighted by atomic mass is 15.1. The monoisotopic (exact) mass is 521 g/mol. The minimum absolute atomic E-state index is 0.683. The molecule has 0 saturated heterocycles. The maximum atomic E-state index is 5.00. The maximum absolute atomic E-state index is 5.00. The van der Waals surface area contributed by atoms with Gasteiger partial charge in [-0.3, -0.25) is 10.1 Å². The van der Waals surface area contributed by atoms with Crippen LogP contribution in [0.3, 0.4) is 0 Å². The number of imidazole rings is 1. The first kappa shape index (κ1) is 23.9. The Morgan fingerprint density at radius 1 is 0.700 bits per heavy atom. The number of nitrogens with one attached hydrogen (secondary N) is 3. The van der Waals surface area contributed by atoms with E-state index in [0.29, 0.717) is 11.5 Å². The van der Waals surface area contributed by atoms with Crippen molar-refractivity contribution in [2.45, 2.75) is 20.0 Å². The second-order valence-electron chi connectivity index (χ2n) is 9.99. The van der Waals surface area contributed by atoms with Crippen molar-refractivity contribution in [1.29, 1.82) is 0 Å². The fourth-order valence-electron chi connectivity index (χ4n) is 5.09. The number of pyridine rings is 2. The van der Waals surface area contributed by atoms with Crippen molar-refractivity contribution >= 4 is 22.1 Å². The Morgan fingerprint density at radius 2 is 1.57 bits per heavy atom. The highest BCUT2D eigenvalue weighted by molar-refractivity contribution is 5.96. The van der Waals surface area contributed by atoms with E-state index in [1.807, 2.05) is 36.7 Å². The van der Waals surface area contributed by atoms with Crippen LogP contribution >= 0.6 is 0 Å². The third-order valence-corrected chi connectivity index (χ3v) is 7.07. The molecule has 0 fully saturated rings. The Labute approximate surface area is 231 Å². The Balaban J connectivity index is 1.20. The number of nitrogens with zero attached hydrogens (tertiary/aromatic N) is 4. The average Bonchev–Trinajstić information content (AvgIpc) is 3.62. The summed E-state index contributed by atoms with van der Waals surface area (Å²) in [4.78, 5) is 17.9. The molecule has 4 heterocycles. The zero-order valence-electron chi connectivity index (χ0n) is 22.0. The van der Waals surface area contributed by atoms with E-state index in [1.165, 1.54) is 11.1 Å². The van der Waals surface area contributed by atoms with Crippen molar-refractivity contribution < 1.29 is 0 Å². The van der Waals surface area contributed by atoms with Crippen molar-refractivity contribution in [2.75, 3.05) is 0 Å². The van der Waals surface area contributed by atoms with Crippen LogP contribution in [0.5, 0.6) is 0 Å². The van der Waals surface area contributed by atoms with Gasteiger partial charge in [-0.1, -0.05) is 72.3 Å². The second-order valence-corrected chi connectivity index (χ2v) is 9.99. The van der Waals surface area contributed by atoms with Crippen LogP contribution in [0, 0.1) is 6.92 Å². The number of para-hydroxylation sites is 1. The van der Waals surface area contributed by atoms with Crippen LogP contribution in [-0.4, -0.2) is 30.1 Å². The molecule has 0 aliphatic carbocycles. The molecular formula is C33H27N7. The molecule has 0 atom stereocenters. The summed E-state index contributed by atoms with van der Waals surface area (Å²) in [6, 6.07) is 31.2. The van der Waals surface area contributed by atoms with Crippen molar-refractivity contribution in [3.8, 4) is 33.9 Å². The lowest BCUT2D eigenvalue weighted by Gasteiger charge is -2.07. The fourth-order valence-corrected chi connectivity index (χ4v) is 5.09. The van der Waals surface area contributed by atoms with Crippen LogP contribution in [0.15, 0.2) is 103 Å². The number of aromatic amines is 2. The number of H-pyrrole nitrogens is 2. The average molecular weight is 522 g/mol. The van der Waals surface area contributed by atoms with E-state index in [-0.39, 0.29) is 0 Å². The van der Waals surface area contributed by atoms with Gasteiger partial charge >= 0.3 is 0 Å². The predicted octanol–water partition coefficient (Wildman–Crippen LogP) is 6.83. The number of aromatic nitrogens is 6. The molecule has 7 aromatic rings. The lowest BCUT2D eigenvalue weighted by molar-refractivity contribution is 0.691. The van der Waals surface area contributed by atoms with E-state index in [0.717, 1.165) is 63.1 Å². The second kappa shape index (κ2) is 10.2. The number of hydrogen-bond acceptors (Lipinski definition) is 5. The molecular weight excluding hydrogens is 494 g/mol. The molecule has 0 unspecified atom stereocenters. The molecule has 40 heavy (non-hydrogen) atoms. The van der Waals surface area contributed by atoms with Gasteiger partial charge in [0.2, 0.25) is 0 Å². The first-order chi connectivity index (χ1) is 19.7. The molecule has 7 rings (SSSR count). The molecule has 0 saturated carbocycles. The third-order valence-electron chi connectivity index (χ3n) is 7.07.